The molecule has 150 valence electrons. The molecule has 2 N–H and O–H groups in total. The van der Waals surface area contributed by atoms with E-state index in [1.165, 1.54) is 6.07 Å². The van der Waals surface area contributed by atoms with Gasteiger partial charge in [0, 0.05) is 29.6 Å². The Labute approximate surface area is 172 Å². The third-order valence-corrected chi connectivity index (χ3v) is 5.12. The molecule has 2 heterocycles. The van der Waals surface area contributed by atoms with E-state index in [0.717, 1.165) is 25.0 Å². The topological polar surface area (TPSA) is 84.1 Å². The number of halogens is 1. The average molecular weight is 413 g/mol. The molecule has 1 atom stereocenters. The molecule has 0 spiro atoms. The number of phenolic OH excluding ortho intramolecular Hbond substituents is 1. The maximum atomic E-state index is 12.9. The van der Waals surface area contributed by atoms with E-state index in [1.807, 2.05) is 13.0 Å². The fourth-order valence-corrected chi connectivity index (χ4v) is 3.44. The normalized spacial score (nSPS) is 17.0. The number of ether oxygens (including phenoxy) is 1. The van der Waals surface area contributed by atoms with Gasteiger partial charge in [-0.15, -0.1) is 0 Å². The number of amides is 1. The van der Waals surface area contributed by atoms with E-state index in [4.69, 9.17) is 20.8 Å². The molecule has 1 unspecified atom stereocenters. The predicted molar refractivity (Wildman–Crippen MR) is 111 cm³/mol. The van der Waals surface area contributed by atoms with Crippen molar-refractivity contribution in [2.75, 3.05) is 13.2 Å². The van der Waals surface area contributed by atoms with Crippen LogP contribution in [-0.2, 0) is 4.74 Å². The minimum absolute atomic E-state index is 0.0313. The molecule has 1 fully saturated rings. The van der Waals surface area contributed by atoms with Gasteiger partial charge in [-0.25, -0.2) is 4.99 Å². The minimum atomic E-state index is -0.294. The first-order valence-corrected chi connectivity index (χ1v) is 9.85. The van der Waals surface area contributed by atoms with E-state index in [2.05, 4.69) is 10.3 Å². The summed E-state index contributed by atoms with van der Waals surface area (Å²) in [6.07, 6.45) is 1.97. The smallest absolute Gasteiger partial charge is 0.256 e. The lowest BCUT2D eigenvalue weighted by atomic mass is 10.1. The molecule has 0 aliphatic carbocycles. The van der Waals surface area contributed by atoms with E-state index < -0.39 is 0 Å². The van der Waals surface area contributed by atoms with Crippen molar-refractivity contribution in [2.24, 2.45) is 4.99 Å². The van der Waals surface area contributed by atoms with Gasteiger partial charge in [-0.2, -0.15) is 0 Å². The molecular weight excluding hydrogens is 392 g/mol. The summed E-state index contributed by atoms with van der Waals surface area (Å²) in [5.74, 6) is -0.223. The highest BCUT2D eigenvalue weighted by Crippen LogP contribution is 2.24. The van der Waals surface area contributed by atoms with Crippen LogP contribution in [0.4, 0.5) is 5.69 Å². The third kappa shape index (κ3) is 4.44. The first-order chi connectivity index (χ1) is 14.0. The molecule has 1 amide bonds. The van der Waals surface area contributed by atoms with Crippen LogP contribution in [0, 0.1) is 6.92 Å². The predicted octanol–water partition coefficient (Wildman–Crippen LogP) is 4.24. The van der Waals surface area contributed by atoms with Crippen LogP contribution in [-0.4, -0.2) is 30.3 Å². The van der Waals surface area contributed by atoms with Crippen LogP contribution in [0.1, 0.15) is 28.8 Å². The van der Waals surface area contributed by atoms with Crippen molar-refractivity contribution in [3.8, 4) is 5.75 Å². The largest absolute Gasteiger partial charge is 0.508 e. The van der Waals surface area contributed by atoms with Gasteiger partial charge in [0.25, 0.3) is 5.91 Å². The molecule has 7 heteroatoms. The van der Waals surface area contributed by atoms with Crippen molar-refractivity contribution in [2.45, 2.75) is 25.9 Å². The molecular formula is C22H21ClN2O4. The number of carbonyl (C=O) groups excluding carboxylic acids is 1. The maximum absolute atomic E-state index is 12.9. The van der Waals surface area contributed by atoms with Crippen LogP contribution in [0.25, 0.3) is 11.0 Å². The SMILES string of the molecule is Cc1ccc(Cl)cc1N=c1oc2cc(O)ccc2cc1C(=O)NCC1CCCO1. The van der Waals surface area contributed by atoms with Crippen molar-refractivity contribution in [3.63, 3.8) is 0 Å². The van der Waals surface area contributed by atoms with E-state index in [0.29, 0.717) is 33.8 Å². The third-order valence-electron chi connectivity index (χ3n) is 4.89. The van der Waals surface area contributed by atoms with Gasteiger partial charge in [0.2, 0.25) is 5.55 Å². The summed E-state index contributed by atoms with van der Waals surface area (Å²) in [6, 6.07) is 11.8. The van der Waals surface area contributed by atoms with Crippen LogP contribution in [0.15, 0.2) is 51.9 Å². The fourth-order valence-electron chi connectivity index (χ4n) is 3.27. The van der Waals surface area contributed by atoms with E-state index in [-0.39, 0.29) is 23.3 Å². The number of rotatable bonds is 4. The molecule has 2 aromatic carbocycles. The number of hydrogen-bond donors (Lipinski definition) is 2. The summed E-state index contributed by atoms with van der Waals surface area (Å²) < 4.78 is 11.5. The Kier molecular flexibility index (Phi) is 5.56. The van der Waals surface area contributed by atoms with E-state index >= 15 is 0 Å². The summed E-state index contributed by atoms with van der Waals surface area (Å²) in [5, 5.41) is 13.9. The Morgan fingerprint density at radius 3 is 2.93 bits per heavy atom. The van der Waals surface area contributed by atoms with Gasteiger partial charge in [-0.3, -0.25) is 4.79 Å². The fraction of sp³-hybridized carbons (Fsp3) is 0.273. The monoisotopic (exact) mass is 412 g/mol. The lowest BCUT2D eigenvalue weighted by Gasteiger charge is -2.11. The first-order valence-electron chi connectivity index (χ1n) is 9.47. The number of nitrogens with zero attached hydrogens (tertiary/aromatic N) is 1. The Morgan fingerprint density at radius 1 is 1.28 bits per heavy atom. The lowest BCUT2D eigenvalue weighted by molar-refractivity contribution is 0.0854. The summed E-state index contributed by atoms with van der Waals surface area (Å²) in [6.45, 7) is 3.06. The second kappa shape index (κ2) is 8.27. The number of aromatic hydroxyl groups is 1. The lowest BCUT2D eigenvalue weighted by Crippen LogP contribution is -2.34. The van der Waals surface area contributed by atoms with Crippen molar-refractivity contribution in [1.82, 2.24) is 5.32 Å². The molecule has 3 aromatic rings. The van der Waals surface area contributed by atoms with Crippen LogP contribution < -0.4 is 10.9 Å². The van der Waals surface area contributed by atoms with Gasteiger partial charge in [-0.1, -0.05) is 17.7 Å². The second-order valence-electron chi connectivity index (χ2n) is 7.08. The highest BCUT2D eigenvalue weighted by Gasteiger charge is 2.19. The summed E-state index contributed by atoms with van der Waals surface area (Å²) in [7, 11) is 0. The van der Waals surface area contributed by atoms with Crippen LogP contribution in [0.2, 0.25) is 5.02 Å². The average Bonchev–Trinajstić information content (AvgIpc) is 3.22. The van der Waals surface area contributed by atoms with Crippen molar-refractivity contribution >= 4 is 34.2 Å². The highest BCUT2D eigenvalue weighted by molar-refractivity contribution is 6.30. The molecule has 1 saturated heterocycles. The first kappa shape index (κ1) is 19.5. The molecule has 0 bridgehead atoms. The summed E-state index contributed by atoms with van der Waals surface area (Å²) >= 11 is 6.11. The molecule has 1 aliphatic heterocycles. The molecule has 1 aromatic heterocycles. The van der Waals surface area contributed by atoms with E-state index in [9.17, 15) is 9.90 Å². The molecule has 6 nitrogen and oxygen atoms in total. The summed E-state index contributed by atoms with van der Waals surface area (Å²) in [5.41, 5.74) is 2.39. The molecule has 0 radical (unpaired) electrons. The van der Waals surface area contributed by atoms with Crippen LogP contribution in [0.3, 0.4) is 0 Å². The highest BCUT2D eigenvalue weighted by atomic mass is 35.5. The Morgan fingerprint density at radius 2 is 2.14 bits per heavy atom. The maximum Gasteiger partial charge on any atom is 0.256 e. The number of benzene rings is 2. The van der Waals surface area contributed by atoms with Gasteiger partial charge in [0.1, 0.15) is 16.9 Å². The van der Waals surface area contributed by atoms with Gasteiger partial charge in [0.05, 0.1) is 11.8 Å². The van der Waals surface area contributed by atoms with Crippen molar-refractivity contribution in [1.29, 1.82) is 0 Å². The van der Waals surface area contributed by atoms with E-state index in [1.54, 1.807) is 30.3 Å². The van der Waals surface area contributed by atoms with Crippen LogP contribution in [0.5, 0.6) is 5.75 Å². The van der Waals surface area contributed by atoms with Gasteiger partial charge in [0.15, 0.2) is 0 Å². The number of nitrogens with one attached hydrogen (secondary N) is 1. The Balaban J connectivity index is 1.79. The Bertz CT molecular complexity index is 1130. The number of aryl methyl sites for hydroxylation is 1. The van der Waals surface area contributed by atoms with Crippen molar-refractivity contribution in [3.05, 3.63) is 64.2 Å². The summed E-state index contributed by atoms with van der Waals surface area (Å²) in [4.78, 5) is 17.5. The standard InChI is InChI=1S/C22H21ClN2O4/c1-13-4-6-15(23)10-19(13)25-22-18(21(27)24-12-17-3-2-8-28-17)9-14-5-7-16(26)11-20(14)29-22/h4-7,9-11,17,26H,2-3,8,12H2,1H3,(H,24,27). The second-order valence-corrected chi connectivity index (χ2v) is 7.51. The number of carbonyl (C=O) groups is 1. The van der Waals surface area contributed by atoms with Crippen LogP contribution >= 0.6 is 11.6 Å². The number of phenols is 1. The zero-order valence-electron chi connectivity index (χ0n) is 15.9. The molecule has 1 aliphatic rings. The molecule has 0 saturated carbocycles. The van der Waals surface area contributed by atoms with Gasteiger partial charge in [-0.05, 0) is 55.7 Å². The quantitative estimate of drug-likeness (QED) is 0.671. The number of hydrogen-bond acceptors (Lipinski definition) is 5. The van der Waals surface area contributed by atoms with Gasteiger partial charge < -0.3 is 19.6 Å². The Hall–Kier alpha value is -2.83. The zero-order valence-corrected chi connectivity index (χ0v) is 16.7. The minimum Gasteiger partial charge on any atom is -0.508 e. The van der Waals surface area contributed by atoms with Gasteiger partial charge >= 0.3 is 0 Å². The number of fused-ring (bicyclic) bond motifs is 1. The zero-order chi connectivity index (χ0) is 20.4. The molecule has 29 heavy (non-hydrogen) atoms. The molecule has 4 rings (SSSR count). The van der Waals surface area contributed by atoms with Crippen molar-refractivity contribution < 1.29 is 19.1 Å².